The van der Waals surface area contributed by atoms with Crippen LogP contribution in [-0.2, 0) is 4.79 Å². The van der Waals surface area contributed by atoms with Gasteiger partial charge < -0.3 is 16.0 Å². The Morgan fingerprint density at radius 1 is 1.50 bits per heavy atom. The standard InChI is InChI=1S/C9H14FN5O/c1-3-12-9-14-4-6(10)8(15-9)13-5-7(16)11-2/h4H,3,5H2,1-2H3,(H,11,16)(H2,12,13,14,15). The van der Waals surface area contributed by atoms with Gasteiger partial charge in [-0.1, -0.05) is 0 Å². The van der Waals surface area contributed by atoms with Crippen LogP contribution in [0.1, 0.15) is 6.92 Å². The SMILES string of the molecule is CCNc1ncc(F)c(NCC(=O)NC)n1. The zero-order valence-electron chi connectivity index (χ0n) is 9.17. The van der Waals surface area contributed by atoms with Crippen LogP contribution in [-0.4, -0.2) is 36.0 Å². The molecule has 0 aromatic carbocycles. The van der Waals surface area contributed by atoms with E-state index in [0.29, 0.717) is 12.5 Å². The number of amides is 1. The zero-order chi connectivity index (χ0) is 12.0. The third kappa shape index (κ3) is 3.34. The molecule has 0 aliphatic carbocycles. The Kier molecular flexibility index (Phi) is 4.43. The van der Waals surface area contributed by atoms with E-state index in [1.807, 2.05) is 6.92 Å². The minimum atomic E-state index is -0.592. The number of hydrogen-bond acceptors (Lipinski definition) is 5. The maximum Gasteiger partial charge on any atom is 0.239 e. The van der Waals surface area contributed by atoms with Crippen LogP contribution in [0.4, 0.5) is 16.2 Å². The van der Waals surface area contributed by atoms with E-state index in [4.69, 9.17) is 0 Å². The van der Waals surface area contributed by atoms with E-state index in [0.717, 1.165) is 6.20 Å². The second kappa shape index (κ2) is 5.84. The van der Waals surface area contributed by atoms with Gasteiger partial charge in [-0.25, -0.2) is 9.37 Å². The second-order valence-electron chi connectivity index (χ2n) is 2.95. The maximum absolute atomic E-state index is 13.2. The van der Waals surface area contributed by atoms with Gasteiger partial charge in [0.15, 0.2) is 11.6 Å². The van der Waals surface area contributed by atoms with E-state index in [9.17, 15) is 9.18 Å². The minimum absolute atomic E-state index is 0.00884. The lowest BCUT2D eigenvalue weighted by Crippen LogP contribution is -2.26. The van der Waals surface area contributed by atoms with E-state index < -0.39 is 5.82 Å². The average Bonchev–Trinajstić information content (AvgIpc) is 2.29. The summed E-state index contributed by atoms with van der Waals surface area (Å²) in [5, 5.41) is 7.84. The van der Waals surface area contributed by atoms with Crippen LogP contribution < -0.4 is 16.0 Å². The largest absolute Gasteiger partial charge is 0.358 e. The summed E-state index contributed by atoms with van der Waals surface area (Å²) in [4.78, 5) is 18.6. The molecule has 0 saturated heterocycles. The molecule has 6 nitrogen and oxygen atoms in total. The summed E-state index contributed by atoms with van der Waals surface area (Å²) < 4.78 is 13.2. The summed E-state index contributed by atoms with van der Waals surface area (Å²) >= 11 is 0. The Morgan fingerprint density at radius 3 is 2.88 bits per heavy atom. The van der Waals surface area contributed by atoms with Gasteiger partial charge in [-0.05, 0) is 6.92 Å². The molecule has 1 amide bonds. The molecule has 0 aliphatic heterocycles. The van der Waals surface area contributed by atoms with Gasteiger partial charge in [0.2, 0.25) is 11.9 Å². The summed E-state index contributed by atoms with van der Waals surface area (Å²) in [6.07, 6.45) is 1.05. The van der Waals surface area contributed by atoms with Gasteiger partial charge in [-0.2, -0.15) is 4.98 Å². The van der Waals surface area contributed by atoms with Crippen LogP contribution in [0.5, 0.6) is 0 Å². The van der Waals surface area contributed by atoms with Crippen molar-refractivity contribution in [1.29, 1.82) is 0 Å². The van der Waals surface area contributed by atoms with Gasteiger partial charge in [-0.3, -0.25) is 4.79 Å². The number of carbonyl (C=O) groups excluding carboxylic acids is 1. The van der Waals surface area contributed by atoms with Crippen LogP contribution in [0.2, 0.25) is 0 Å². The molecule has 0 saturated carbocycles. The lowest BCUT2D eigenvalue weighted by molar-refractivity contribution is -0.118. The fourth-order valence-electron chi connectivity index (χ4n) is 0.987. The quantitative estimate of drug-likeness (QED) is 0.670. The first-order chi connectivity index (χ1) is 7.67. The Labute approximate surface area is 92.7 Å². The summed E-state index contributed by atoms with van der Waals surface area (Å²) in [5.41, 5.74) is 0. The lowest BCUT2D eigenvalue weighted by atomic mass is 10.5. The highest BCUT2D eigenvalue weighted by atomic mass is 19.1. The van der Waals surface area contributed by atoms with Crippen LogP contribution in [0, 0.1) is 5.82 Å². The van der Waals surface area contributed by atoms with Gasteiger partial charge in [0.1, 0.15) is 0 Å². The monoisotopic (exact) mass is 227 g/mol. The third-order valence-corrected chi connectivity index (χ3v) is 1.77. The molecule has 1 aromatic heterocycles. The van der Waals surface area contributed by atoms with Gasteiger partial charge >= 0.3 is 0 Å². The molecular formula is C9H14FN5O. The highest BCUT2D eigenvalue weighted by molar-refractivity contribution is 5.80. The molecule has 0 spiro atoms. The third-order valence-electron chi connectivity index (χ3n) is 1.77. The molecule has 1 rings (SSSR count). The van der Waals surface area contributed by atoms with Gasteiger partial charge in [0, 0.05) is 13.6 Å². The summed E-state index contributed by atoms with van der Waals surface area (Å²) in [6, 6.07) is 0. The van der Waals surface area contributed by atoms with Crippen molar-refractivity contribution in [3.05, 3.63) is 12.0 Å². The molecule has 0 atom stereocenters. The van der Waals surface area contributed by atoms with Crippen molar-refractivity contribution < 1.29 is 9.18 Å². The molecule has 1 heterocycles. The number of nitrogens with zero attached hydrogens (tertiary/aromatic N) is 2. The molecule has 0 bridgehead atoms. The topological polar surface area (TPSA) is 78.9 Å². The van der Waals surface area contributed by atoms with Crippen LogP contribution in [0.25, 0.3) is 0 Å². The Hall–Kier alpha value is -1.92. The van der Waals surface area contributed by atoms with E-state index in [1.165, 1.54) is 7.05 Å². The fraction of sp³-hybridized carbons (Fsp3) is 0.444. The van der Waals surface area contributed by atoms with Gasteiger partial charge in [0.05, 0.1) is 12.7 Å². The van der Waals surface area contributed by atoms with Crippen molar-refractivity contribution in [3.63, 3.8) is 0 Å². The summed E-state index contributed by atoms with van der Waals surface area (Å²) in [6.45, 7) is 2.49. The van der Waals surface area contributed by atoms with Crippen molar-refractivity contribution >= 4 is 17.7 Å². The number of anilines is 2. The van der Waals surface area contributed by atoms with Crippen molar-refractivity contribution in [2.75, 3.05) is 30.8 Å². The molecule has 0 radical (unpaired) electrons. The first-order valence-electron chi connectivity index (χ1n) is 4.88. The number of nitrogens with one attached hydrogen (secondary N) is 3. The van der Waals surface area contributed by atoms with E-state index in [1.54, 1.807) is 0 Å². The molecule has 7 heteroatoms. The fourth-order valence-corrected chi connectivity index (χ4v) is 0.987. The molecule has 0 aliphatic rings. The predicted octanol–water partition coefficient (Wildman–Crippen LogP) is 0.205. The molecule has 3 N–H and O–H groups in total. The van der Waals surface area contributed by atoms with Crippen molar-refractivity contribution in [1.82, 2.24) is 15.3 Å². The van der Waals surface area contributed by atoms with Gasteiger partial charge in [0.25, 0.3) is 0 Å². The lowest BCUT2D eigenvalue weighted by Gasteiger charge is -2.07. The highest BCUT2D eigenvalue weighted by Gasteiger charge is 2.07. The van der Waals surface area contributed by atoms with E-state index in [2.05, 4.69) is 25.9 Å². The van der Waals surface area contributed by atoms with Crippen LogP contribution >= 0.6 is 0 Å². The first kappa shape index (κ1) is 12.2. The number of aromatic nitrogens is 2. The summed E-state index contributed by atoms with van der Waals surface area (Å²) in [7, 11) is 1.50. The predicted molar refractivity (Wildman–Crippen MR) is 58.7 cm³/mol. The van der Waals surface area contributed by atoms with Crippen LogP contribution in [0.3, 0.4) is 0 Å². The number of carbonyl (C=O) groups is 1. The van der Waals surface area contributed by atoms with Crippen LogP contribution in [0.15, 0.2) is 6.20 Å². The summed E-state index contributed by atoms with van der Waals surface area (Å²) in [5.74, 6) is -0.508. The van der Waals surface area contributed by atoms with Crippen molar-refractivity contribution in [2.24, 2.45) is 0 Å². The molecule has 88 valence electrons. The number of rotatable bonds is 5. The van der Waals surface area contributed by atoms with E-state index in [-0.39, 0.29) is 18.3 Å². The minimum Gasteiger partial charge on any atom is -0.358 e. The Bertz CT molecular complexity index is 371. The van der Waals surface area contributed by atoms with Gasteiger partial charge in [-0.15, -0.1) is 0 Å². The Balaban J connectivity index is 2.70. The molecule has 0 unspecified atom stereocenters. The normalized spacial score (nSPS) is 9.69. The number of likely N-dealkylation sites (N-methyl/N-ethyl adjacent to an activating group) is 1. The Morgan fingerprint density at radius 2 is 2.25 bits per heavy atom. The molecule has 1 aromatic rings. The first-order valence-corrected chi connectivity index (χ1v) is 4.88. The van der Waals surface area contributed by atoms with Crippen molar-refractivity contribution in [2.45, 2.75) is 6.92 Å². The maximum atomic E-state index is 13.2. The average molecular weight is 227 g/mol. The second-order valence-corrected chi connectivity index (χ2v) is 2.95. The molecular weight excluding hydrogens is 213 g/mol. The number of hydrogen-bond donors (Lipinski definition) is 3. The molecule has 0 fully saturated rings. The molecule has 16 heavy (non-hydrogen) atoms. The van der Waals surface area contributed by atoms with E-state index >= 15 is 0 Å². The number of halogens is 1. The zero-order valence-corrected chi connectivity index (χ0v) is 9.17. The highest BCUT2D eigenvalue weighted by Crippen LogP contribution is 2.10. The smallest absolute Gasteiger partial charge is 0.239 e. The van der Waals surface area contributed by atoms with Crippen molar-refractivity contribution in [3.8, 4) is 0 Å².